The molecule has 0 aliphatic carbocycles. The van der Waals surface area contributed by atoms with E-state index in [2.05, 4.69) is 22.0 Å². The number of rotatable bonds is 0. The van der Waals surface area contributed by atoms with Gasteiger partial charge in [-0.3, -0.25) is 0 Å². The molecule has 0 saturated carbocycles. The summed E-state index contributed by atoms with van der Waals surface area (Å²) in [5, 5.41) is 14.1. The first-order valence-corrected chi connectivity index (χ1v) is 5.85. The summed E-state index contributed by atoms with van der Waals surface area (Å²) >= 11 is 3.47. The number of phenolic OH excluding ortho intramolecular Hbond substituents is 1. The molecule has 3 aromatic rings. The molecule has 2 heteroatoms. The SMILES string of the molecule is Oc1c2ccccc2cc2cccc(Br)c12. The molecule has 0 heterocycles. The Morgan fingerprint density at radius 2 is 1.62 bits per heavy atom. The second-order valence-corrected chi connectivity index (χ2v) is 4.64. The van der Waals surface area contributed by atoms with Crippen molar-refractivity contribution < 1.29 is 5.11 Å². The Morgan fingerprint density at radius 1 is 0.875 bits per heavy atom. The van der Waals surface area contributed by atoms with E-state index in [-0.39, 0.29) is 0 Å². The standard InChI is InChI=1S/C14H9BrO/c15-12-7-3-5-10-8-9-4-1-2-6-11(9)14(16)13(10)12/h1-8,16H. The van der Waals surface area contributed by atoms with Gasteiger partial charge in [-0.2, -0.15) is 0 Å². The van der Waals surface area contributed by atoms with E-state index in [9.17, 15) is 5.11 Å². The van der Waals surface area contributed by atoms with Crippen LogP contribution in [0, 0.1) is 0 Å². The minimum Gasteiger partial charge on any atom is -0.507 e. The zero-order valence-electron chi connectivity index (χ0n) is 8.44. The third-order valence-electron chi connectivity index (χ3n) is 2.81. The van der Waals surface area contributed by atoms with E-state index in [1.54, 1.807) is 0 Å². The predicted molar refractivity (Wildman–Crippen MR) is 70.8 cm³/mol. The van der Waals surface area contributed by atoms with Gasteiger partial charge in [0.2, 0.25) is 0 Å². The lowest BCUT2D eigenvalue weighted by atomic mass is 10.0. The summed E-state index contributed by atoms with van der Waals surface area (Å²) in [6.07, 6.45) is 0. The summed E-state index contributed by atoms with van der Waals surface area (Å²) in [6.45, 7) is 0. The van der Waals surface area contributed by atoms with Crippen LogP contribution in [0.15, 0.2) is 53.0 Å². The van der Waals surface area contributed by atoms with Crippen molar-refractivity contribution >= 4 is 37.5 Å². The largest absolute Gasteiger partial charge is 0.507 e. The van der Waals surface area contributed by atoms with Gasteiger partial charge in [0.1, 0.15) is 5.75 Å². The van der Waals surface area contributed by atoms with E-state index >= 15 is 0 Å². The number of halogens is 1. The monoisotopic (exact) mass is 272 g/mol. The third kappa shape index (κ3) is 1.30. The Kier molecular flexibility index (Phi) is 2.11. The molecular weight excluding hydrogens is 264 g/mol. The minimum absolute atomic E-state index is 0.348. The van der Waals surface area contributed by atoms with Crippen LogP contribution in [0.5, 0.6) is 5.75 Å². The molecule has 0 aliphatic rings. The molecule has 0 atom stereocenters. The minimum atomic E-state index is 0.348. The maximum atomic E-state index is 10.3. The van der Waals surface area contributed by atoms with E-state index in [4.69, 9.17) is 0 Å². The zero-order valence-corrected chi connectivity index (χ0v) is 10.0. The van der Waals surface area contributed by atoms with Crippen LogP contribution in [0.1, 0.15) is 0 Å². The molecule has 0 aromatic heterocycles. The topological polar surface area (TPSA) is 20.2 Å². The van der Waals surface area contributed by atoms with Gasteiger partial charge in [-0.15, -0.1) is 0 Å². The molecule has 0 unspecified atom stereocenters. The summed E-state index contributed by atoms with van der Waals surface area (Å²) < 4.78 is 0.924. The van der Waals surface area contributed by atoms with Crippen molar-refractivity contribution in [2.45, 2.75) is 0 Å². The molecule has 0 saturated heterocycles. The van der Waals surface area contributed by atoms with Crippen molar-refractivity contribution in [3.05, 3.63) is 53.0 Å². The molecule has 0 fully saturated rings. The summed E-state index contributed by atoms with van der Waals surface area (Å²) in [5.41, 5.74) is 0. The molecule has 0 aliphatic heterocycles. The molecule has 3 aromatic carbocycles. The Bertz CT molecular complexity index is 689. The molecule has 16 heavy (non-hydrogen) atoms. The molecule has 78 valence electrons. The van der Waals surface area contributed by atoms with Crippen LogP contribution in [0.25, 0.3) is 21.5 Å². The Balaban J connectivity index is 2.62. The first-order valence-electron chi connectivity index (χ1n) is 5.06. The van der Waals surface area contributed by atoms with Crippen molar-refractivity contribution in [3.8, 4) is 5.75 Å². The highest BCUT2D eigenvalue weighted by molar-refractivity contribution is 9.10. The van der Waals surface area contributed by atoms with Crippen LogP contribution in [0.3, 0.4) is 0 Å². The average Bonchev–Trinajstić information content (AvgIpc) is 2.29. The van der Waals surface area contributed by atoms with Crippen molar-refractivity contribution in [2.75, 3.05) is 0 Å². The van der Waals surface area contributed by atoms with Gasteiger partial charge in [-0.1, -0.05) is 52.3 Å². The Hall–Kier alpha value is -1.54. The fourth-order valence-corrected chi connectivity index (χ4v) is 2.62. The van der Waals surface area contributed by atoms with E-state index in [1.165, 1.54) is 0 Å². The van der Waals surface area contributed by atoms with Gasteiger partial charge >= 0.3 is 0 Å². The van der Waals surface area contributed by atoms with Gasteiger partial charge in [0.25, 0.3) is 0 Å². The second kappa shape index (κ2) is 3.49. The number of aromatic hydroxyl groups is 1. The fourth-order valence-electron chi connectivity index (χ4n) is 2.05. The number of benzene rings is 3. The maximum absolute atomic E-state index is 10.3. The van der Waals surface area contributed by atoms with Crippen LogP contribution in [-0.2, 0) is 0 Å². The van der Waals surface area contributed by atoms with E-state index in [0.717, 1.165) is 26.0 Å². The van der Waals surface area contributed by atoms with E-state index in [0.29, 0.717) is 5.75 Å². The van der Waals surface area contributed by atoms with E-state index in [1.807, 2.05) is 42.5 Å². The Labute approximate surface area is 101 Å². The van der Waals surface area contributed by atoms with Crippen LogP contribution < -0.4 is 0 Å². The average molecular weight is 273 g/mol. The smallest absolute Gasteiger partial charge is 0.132 e. The van der Waals surface area contributed by atoms with E-state index < -0.39 is 0 Å². The molecule has 1 nitrogen and oxygen atoms in total. The summed E-state index contributed by atoms with van der Waals surface area (Å²) in [4.78, 5) is 0. The predicted octanol–water partition coefficient (Wildman–Crippen LogP) is 4.46. The third-order valence-corrected chi connectivity index (χ3v) is 3.47. The van der Waals surface area contributed by atoms with Gasteiger partial charge < -0.3 is 5.11 Å². The molecule has 0 radical (unpaired) electrons. The Morgan fingerprint density at radius 3 is 2.50 bits per heavy atom. The van der Waals surface area contributed by atoms with Gasteiger partial charge in [0.05, 0.1) is 0 Å². The lowest BCUT2D eigenvalue weighted by Crippen LogP contribution is -1.79. The molecule has 0 amide bonds. The van der Waals surface area contributed by atoms with Gasteiger partial charge in [-0.25, -0.2) is 0 Å². The van der Waals surface area contributed by atoms with Gasteiger partial charge in [0.15, 0.2) is 0 Å². The normalized spacial score (nSPS) is 11.1. The fraction of sp³-hybridized carbons (Fsp3) is 0. The zero-order chi connectivity index (χ0) is 11.1. The summed E-state index contributed by atoms with van der Waals surface area (Å²) in [7, 11) is 0. The second-order valence-electron chi connectivity index (χ2n) is 3.78. The highest BCUT2D eigenvalue weighted by atomic mass is 79.9. The number of hydrogen-bond donors (Lipinski definition) is 1. The molecule has 1 N–H and O–H groups in total. The molecule has 0 bridgehead atoms. The molecular formula is C14H9BrO. The van der Waals surface area contributed by atoms with Crippen molar-refractivity contribution in [1.82, 2.24) is 0 Å². The molecule has 3 rings (SSSR count). The van der Waals surface area contributed by atoms with Crippen molar-refractivity contribution in [3.63, 3.8) is 0 Å². The van der Waals surface area contributed by atoms with Crippen LogP contribution in [0.4, 0.5) is 0 Å². The van der Waals surface area contributed by atoms with Gasteiger partial charge in [-0.05, 0) is 22.9 Å². The summed E-state index contributed by atoms with van der Waals surface area (Å²) in [6, 6.07) is 15.9. The van der Waals surface area contributed by atoms with Crippen molar-refractivity contribution in [1.29, 1.82) is 0 Å². The van der Waals surface area contributed by atoms with Gasteiger partial charge in [0, 0.05) is 15.2 Å². The summed E-state index contributed by atoms with van der Waals surface area (Å²) in [5.74, 6) is 0.348. The highest BCUT2D eigenvalue weighted by Crippen LogP contribution is 2.37. The van der Waals surface area contributed by atoms with Crippen LogP contribution in [0.2, 0.25) is 0 Å². The van der Waals surface area contributed by atoms with Crippen molar-refractivity contribution in [2.24, 2.45) is 0 Å². The van der Waals surface area contributed by atoms with Crippen LogP contribution >= 0.6 is 15.9 Å². The quantitative estimate of drug-likeness (QED) is 0.599. The lowest BCUT2D eigenvalue weighted by molar-refractivity contribution is 0.487. The lowest BCUT2D eigenvalue weighted by Gasteiger charge is -2.07. The van der Waals surface area contributed by atoms with Crippen LogP contribution in [-0.4, -0.2) is 5.11 Å². The first kappa shape index (κ1) is 9.67. The number of hydrogen-bond acceptors (Lipinski definition) is 1. The first-order chi connectivity index (χ1) is 7.77. The number of phenols is 1. The molecule has 0 spiro atoms. The highest BCUT2D eigenvalue weighted by Gasteiger charge is 2.08. The maximum Gasteiger partial charge on any atom is 0.132 e. The number of fused-ring (bicyclic) bond motifs is 2.